The zero-order valence-corrected chi connectivity index (χ0v) is 12.5. The summed E-state index contributed by atoms with van der Waals surface area (Å²) in [5.41, 5.74) is 7.87. The van der Waals surface area contributed by atoms with Gasteiger partial charge in [-0.15, -0.1) is 0 Å². The van der Waals surface area contributed by atoms with Crippen LogP contribution in [0.3, 0.4) is 0 Å². The molecule has 1 aromatic rings. The molecule has 0 saturated carbocycles. The number of benzene rings is 1. The quantitative estimate of drug-likeness (QED) is 0.589. The van der Waals surface area contributed by atoms with Gasteiger partial charge in [-0.25, -0.2) is 0 Å². The van der Waals surface area contributed by atoms with Crippen LogP contribution in [-0.2, 0) is 6.54 Å². The molecule has 2 nitrogen and oxygen atoms in total. The summed E-state index contributed by atoms with van der Waals surface area (Å²) in [6.07, 6.45) is 3.76. The van der Waals surface area contributed by atoms with Crippen molar-refractivity contribution in [2.45, 2.75) is 52.6 Å². The Morgan fingerprint density at radius 3 is 2.56 bits per heavy atom. The molecule has 0 spiro atoms. The smallest absolute Gasteiger partial charge is 0.0471 e. The van der Waals surface area contributed by atoms with Crippen molar-refractivity contribution in [1.29, 1.82) is 0 Å². The predicted molar refractivity (Wildman–Crippen MR) is 80.9 cm³/mol. The summed E-state index contributed by atoms with van der Waals surface area (Å²) < 4.78 is 0. The van der Waals surface area contributed by atoms with Crippen molar-refractivity contribution in [3.63, 3.8) is 0 Å². The minimum absolute atomic E-state index is 0.512. The first-order valence-corrected chi connectivity index (χ1v) is 7.21. The number of nitrogen functional groups attached to an aromatic ring is 1. The van der Waals surface area contributed by atoms with Crippen molar-refractivity contribution in [1.82, 2.24) is 4.90 Å². The third kappa shape index (κ3) is 4.51. The van der Waals surface area contributed by atoms with E-state index in [1.807, 2.05) is 18.2 Å². The van der Waals surface area contributed by atoms with E-state index in [9.17, 15) is 0 Å². The lowest BCUT2D eigenvalue weighted by atomic mass is 10.1. The second-order valence-electron chi connectivity index (χ2n) is 5.08. The van der Waals surface area contributed by atoms with Crippen LogP contribution >= 0.6 is 11.6 Å². The molecule has 0 aromatic heterocycles. The average molecular weight is 269 g/mol. The Labute approximate surface area is 116 Å². The molecule has 0 aliphatic rings. The molecule has 0 aliphatic carbocycles. The number of anilines is 1. The van der Waals surface area contributed by atoms with Crippen molar-refractivity contribution in [2.24, 2.45) is 0 Å². The zero-order chi connectivity index (χ0) is 13.5. The van der Waals surface area contributed by atoms with Gasteiger partial charge in [-0.2, -0.15) is 0 Å². The maximum atomic E-state index is 6.23. The number of rotatable bonds is 7. The van der Waals surface area contributed by atoms with Crippen LogP contribution in [0, 0.1) is 0 Å². The molecule has 0 amide bonds. The molecule has 0 fully saturated rings. The molecule has 18 heavy (non-hydrogen) atoms. The Hall–Kier alpha value is -0.730. The van der Waals surface area contributed by atoms with Crippen LogP contribution < -0.4 is 5.73 Å². The largest absolute Gasteiger partial charge is 0.398 e. The molecule has 0 radical (unpaired) electrons. The molecule has 0 aliphatic heterocycles. The van der Waals surface area contributed by atoms with Crippen LogP contribution in [0.4, 0.5) is 5.69 Å². The Balaban J connectivity index is 2.71. The first kappa shape index (κ1) is 15.3. The van der Waals surface area contributed by atoms with Gasteiger partial charge in [0.15, 0.2) is 0 Å². The van der Waals surface area contributed by atoms with E-state index in [1.165, 1.54) is 19.3 Å². The molecule has 0 bridgehead atoms. The lowest BCUT2D eigenvalue weighted by molar-refractivity contribution is 0.209. The van der Waals surface area contributed by atoms with Crippen LogP contribution in [0.15, 0.2) is 18.2 Å². The highest BCUT2D eigenvalue weighted by atomic mass is 35.5. The van der Waals surface area contributed by atoms with Crippen molar-refractivity contribution in [3.8, 4) is 0 Å². The van der Waals surface area contributed by atoms with Gasteiger partial charge in [0.1, 0.15) is 0 Å². The first-order valence-electron chi connectivity index (χ1n) is 6.83. The van der Waals surface area contributed by atoms with Crippen LogP contribution in [-0.4, -0.2) is 17.5 Å². The van der Waals surface area contributed by atoms with E-state index in [0.29, 0.717) is 6.04 Å². The number of hydrogen-bond donors (Lipinski definition) is 1. The molecule has 0 unspecified atom stereocenters. The van der Waals surface area contributed by atoms with Crippen molar-refractivity contribution in [3.05, 3.63) is 28.8 Å². The van der Waals surface area contributed by atoms with E-state index in [1.54, 1.807) is 0 Å². The zero-order valence-electron chi connectivity index (χ0n) is 11.7. The monoisotopic (exact) mass is 268 g/mol. The summed E-state index contributed by atoms with van der Waals surface area (Å²) in [5, 5.41) is 0.774. The number of unbranched alkanes of at least 4 members (excludes halogenated alkanes) is 2. The highest BCUT2D eigenvalue weighted by molar-refractivity contribution is 6.31. The van der Waals surface area contributed by atoms with Gasteiger partial charge in [-0.05, 0) is 38.9 Å². The normalized spacial score (nSPS) is 11.4. The van der Waals surface area contributed by atoms with Gasteiger partial charge >= 0.3 is 0 Å². The molecule has 0 saturated heterocycles. The molecule has 1 rings (SSSR count). The Morgan fingerprint density at radius 2 is 2.00 bits per heavy atom. The Bertz CT molecular complexity index is 343. The van der Waals surface area contributed by atoms with E-state index in [-0.39, 0.29) is 0 Å². The topological polar surface area (TPSA) is 29.3 Å². The molecule has 0 atom stereocenters. The standard InChI is InChI=1S/C15H25ClN2/c1-4-5-6-10-18(12(2)3)11-13-14(16)8-7-9-15(13)17/h7-9,12H,4-6,10-11,17H2,1-3H3. The maximum Gasteiger partial charge on any atom is 0.0471 e. The second kappa shape index (κ2) is 7.65. The molecule has 1 aromatic carbocycles. The summed E-state index contributed by atoms with van der Waals surface area (Å²) in [6.45, 7) is 8.62. The summed E-state index contributed by atoms with van der Waals surface area (Å²) in [5.74, 6) is 0. The molecule has 3 heteroatoms. The third-order valence-electron chi connectivity index (χ3n) is 3.30. The van der Waals surface area contributed by atoms with E-state index < -0.39 is 0 Å². The number of nitrogens with zero attached hydrogens (tertiary/aromatic N) is 1. The summed E-state index contributed by atoms with van der Waals surface area (Å²) in [4.78, 5) is 2.44. The highest BCUT2D eigenvalue weighted by Gasteiger charge is 2.13. The van der Waals surface area contributed by atoms with Gasteiger partial charge in [0.05, 0.1) is 0 Å². The molecule has 102 valence electrons. The third-order valence-corrected chi connectivity index (χ3v) is 3.65. The van der Waals surface area contributed by atoms with Crippen LogP contribution in [0.25, 0.3) is 0 Å². The van der Waals surface area contributed by atoms with Gasteiger partial charge in [-0.3, -0.25) is 4.90 Å². The second-order valence-corrected chi connectivity index (χ2v) is 5.49. The highest BCUT2D eigenvalue weighted by Crippen LogP contribution is 2.24. The molecule has 2 N–H and O–H groups in total. The molecular weight excluding hydrogens is 244 g/mol. The average Bonchev–Trinajstić information content (AvgIpc) is 2.31. The summed E-state index contributed by atoms with van der Waals surface area (Å²) in [6, 6.07) is 6.25. The first-order chi connectivity index (χ1) is 8.56. The summed E-state index contributed by atoms with van der Waals surface area (Å²) in [7, 11) is 0. The lowest BCUT2D eigenvalue weighted by Gasteiger charge is -2.27. The fourth-order valence-corrected chi connectivity index (χ4v) is 2.27. The fraction of sp³-hybridized carbons (Fsp3) is 0.600. The summed E-state index contributed by atoms with van der Waals surface area (Å²) >= 11 is 6.23. The van der Waals surface area contributed by atoms with Crippen LogP contribution in [0.5, 0.6) is 0 Å². The van der Waals surface area contributed by atoms with Crippen molar-refractivity contribution < 1.29 is 0 Å². The van der Waals surface area contributed by atoms with Gasteiger partial charge < -0.3 is 5.73 Å². The van der Waals surface area contributed by atoms with Crippen LogP contribution in [0.2, 0.25) is 5.02 Å². The van der Waals surface area contributed by atoms with Crippen molar-refractivity contribution in [2.75, 3.05) is 12.3 Å². The van der Waals surface area contributed by atoms with E-state index >= 15 is 0 Å². The van der Waals surface area contributed by atoms with Gasteiger partial charge in [-0.1, -0.05) is 37.4 Å². The SMILES string of the molecule is CCCCCN(Cc1c(N)cccc1Cl)C(C)C. The number of hydrogen-bond acceptors (Lipinski definition) is 2. The van der Waals surface area contributed by atoms with E-state index in [0.717, 1.165) is 29.4 Å². The minimum Gasteiger partial charge on any atom is -0.398 e. The number of nitrogens with two attached hydrogens (primary N) is 1. The molecule has 0 heterocycles. The minimum atomic E-state index is 0.512. The predicted octanol–water partition coefficient (Wildman–Crippen LogP) is 4.32. The van der Waals surface area contributed by atoms with E-state index in [2.05, 4.69) is 25.7 Å². The lowest BCUT2D eigenvalue weighted by Crippen LogP contribution is -2.31. The van der Waals surface area contributed by atoms with Crippen molar-refractivity contribution >= 4 is 17.3 Å². The molecular formula is C15H25ClN2. The van der Waals surface area contributed by atoms with Crippen LogP contribution in [0.1, 0.15) is 45.6 Å². The Morgan fingerprint density at radius 1 is 1.28 bits per heavy atom. The van der Waals surface area contributed by atoms with Gasteiger partial charge in [0.25, 0.3) is 0 Å². The van der Waals surface area contributed by atoms with E-state index in [4.69, 9.17) is 17.3 Å². The fourth-order valence-electron chi connectivity index (χ4n) is 2.03. The Kier molecular flexibility index (Phi) is 6.51. The maximum absolute atomic E-state index is 6.23. The van der Waals surface area contributed by atoms with Gasteiger partial charge in [0.2, 0.25) is 0 Å². The number of halogens is 1. The van der Waals surface area contributed by atoms with Gasteiger partial charge in [0, 0.05) is 28.9 Å².